The van der Waals surface area contributed by atoms with Gasteiger partial charge in [-0.05, 0) is 50.5 Å². The maximum Gasteiger partial charge on any atom is 0.258 e. The van der Waals surface area contributed by atoms with E-state index in [2.05, 4.69) is 10.2 Å². The highest BCUT2D eigenvalue weighted by atomic mass is 19.3. The lowest BCUT2D eigenvalue weighted by Gasteiger charge is -2.29. The van der Waals surface area contributed by atoms with Crippen molar-refractivity contribution in [3.05, 3.63) is 24.3 Å². The third kappa shape index (κ3) is 3.34. The van der Waals surface area contributed by atoms with Crippen LogP contribution in [0, 0.1) is 0 Å². The lowest BCUT2D eigenvalue weighted by molar-refractivity contribution is 0.131. The molecule has 1 N–H and O–H groups in total. The fourth-order valence-electron chi connectivity index (χ4n) is 2.25. The van der Waals surface area contributed by atoms with E-state index in [-0.39, 0.29) is 0 Å². The lowest BCUT2D eigenvalue weighted by atomic mass is 10.1. The van der Waals surface area contributed by atoms with E-state index in [1.807, 2.05) is 24.3 Å². The number of nitrogens with zero attached hydrogens (tertiary/aromatic N) is 1. The van der Waals surface area contributed by atoms with Crippen LogP contribution >= 0.6 is 0 Å². The molecule has 1 aliphatic heterocycles. The molecule has 2 nitrogen and oxygen atoms in total. The number of alkyl halides is 2. The third-order valence-electron chi connectivity index (χ3n) is 3.36. The molecule has 0 aliphatic carbocycles. The van der Waals surface area contributed by atoms with E-state index in [9.17, 15) is 8.78 Å². The van der Waals surface area contributed by atoms with Crippen LogP contribution < -0.4 is 10.2 Å². The molecular formula is C14H20F2N2. The molecule has 1 aromatic carbocycles. The van der Waals surface area contributed by atoms with Gasteiger partial charge in [-0.25, -0.2) is 8.78 Å². The van der Waals surface area contributed by atoms with Gasteiger partial charge in [0, 0.05) is 24.5 Å². The Kier molecular flexibility index (Phi) is 4.39. The van der Waals surface area contributed by atoms with Crippen molar-refractivity contribution < 1.29 is 8.78 Å². The van der Waals surface area contributed by atoms with Crippen LogP contribution in [-0.4, -0.2) is 25.6 Å². The highest BCUT2D eigenvalue weighted by Crippen LogP contribution is 2.22. The summed E-state index contributed by atoms with van der Waals surface area (Å²) >= 11 is 0. The Morgan fingerprint density at radius 1 is 1.06 bits per heavy atom. The molecule has 0 saturated carbocycles. The first-order valence-corrected chi connectivity index (χ1v) is 6.56. The average molecular weight is 254 g/mol. The van der Waals surface area contributed by atoms with Crippen molar-refractivity contribution in [2.45, 2.75) is 38.7 Å². The van der Waals surface area contributed by atoms with E-state index in [0.717, 1.165) is 18.8 Å². The summed E-state index contributed by atoms with van der Waals surface area (Å²) in [4.78, 5) is 2.35. The molecule has 18 heavy (non-hydrogen) atoms. The van der Waals surface area contributed by atoms with Crippen LogP contribution in [0.15, 0.2) is 24.3 Å². The first kappa shape index (κ1) is 13.1. The van der Waals surface area contributed by atoms with Crippen LogP contribution in [-0.2, 0) is 0 Å². The Morgan fingerprint density at radius 2 is 1.67 bits per heavy atom. The van der Waals surface area contributed by atoms with Crippen molar-refractivity contribution in [3.63, 3.8) is 0 Å². The van der Waals surface area contributed by atoms with Crippen molar-refractivity contribution >= 4 is 11.4 Å². The first-order valence-electron chi connectivity index (χ1n) is 6.56. The van der Waals surface area contributed by atoms with E-state index < -0.39 is 12.5 Å². The van der Waals surface area contributed by atoms with Gasteiger partial charge in [0.2, 0.25) is 0 Å². The first-order chi connectivity index (χ1) is 8.66. The maximum absolute atomic E-state index is 12.4. The summed E-state index contributed by atoms with van der Waals surface area (Å²) in [6.07, 6.45) is 1.44. The number of hydrogen-bond donors (Lipinski definition) is 1. The van der Waals surface area contributed by atoms with Crippen LogP contribution in [0.2, 0.25) is 0 Å². The van der Waals surface area contributed by atoms with Gasteiger partial charge in [0.15, 0.2) is 0 Å². The standard InChI is InChI=1S/C14H20F2N2/c1-11(14(15)16)17-12-5-7-13(8-6-12)18-9-3-2-4-10-18/h5-8,11,14,17H,2-4,9-10H2,1H3. The van der Waals surface area contributed by atoms with Gasteiger partial charge in [-0.15, -0.1) is 0 Å². The molecule has 0 aromatic heterocycles. The van der Waals surface area contributed by atoms with Crippen molar-refractivity contribution in [3.8, 4) is 0 Å². The number of benzene rings is 1. The molecular weight excluding hydrogens is 234 g/mol. The molecule has 0 radical (unpaired) electrons. The van der Waals surface area contributed by atoms with Crippen molar-refractivity contribution in [2.24, 2.45) is 0 Å². The normalized spacial score (nSPS) is 17.9. The van der Waals surface area contributed by atoms with Gasteiger partial charge in [0.1, 0.15) is 0 Å². The van der Waals surface area contributed by atoms with E-state index in [1.165, 1.54) is 31.9 Å². The maximum atomic E-state index is 12.4. The molecule has 1 aliphatic rings. The lowest BCUT2D eigenvalue weighted by Crippen LogP contribution is -2.29. The van der Waals surface area contributed by atoms with Gasteiger partial charge in [0.05, 0.1) is 6.04 Å². The van der Waals surface area contributed by atoms with Gasteiger partial charge in [-0.2, -0.15) is 0 Å². The Balaban J connectivity index is 1.96. The Hall–Kier alpha value is -1.32. The topological polar surface area (TPSA) is 15.3 Å². The summed E-state index contributed by atoms with van der Waals surface area (Å²) in [5.74, 6) is 0. The number of nitrogens with one attached hydrogen (secondary N) is 1. The fourth-order valence-corrected chi connectivity index (χ4v) is 2.25. The molecule has 1 saturated heterocycles. The number of rotatable bonds is 4. The van der Waals surface area contributed by atoms with E-state index in [4.69, 9.17) is 0 Å². The summed E-state index contributed by atoms with van der Waals surface area (Å²) < 4.78 is 24.8. The zero-order chi connectivity index (χ0) is 13.0. The number of hydrogen-bond acceptors (Lipinski definition) is 2. The van der Waals surface area contributed by atoms with Crippen molar-refractivity contribution in [2.75, 3.05) is 23.3 Å². The van der Waals surface area contributed by atoms with Gasteiger partial charge >= 0.3 is 0 Å². The van der Waals surface area contributed by atoms with E-state index >= 15 is 0 Å². The molecule has 100 valence electrons. The quantitative estimate of drug-likeness (QED) is 0.880. The molecule has 0 spiro atoms. The minimum atomic E-state index is -2.34. The molecule has 0 amide bonds. The SMILES string of the molecule is CC(Nc1ccc(N2CCCCC2)cc1)C(F)F. The van der Waals surface area contributed by atoms with E-state index in [1.54, 1.807) is 0 Å². The van der Waals surface area contributed by atoms with Gasteiger partial charge in [-0.3, -0.25) is 0 Å². The Bertz CT molecular complexity index is 359. The highest BCUT2D eigenvalue weighted by Gasteiger charge is 2.14. The average Bonchev–Trinajstić information content (AvgIpc) is 2.40. The molecule has 1 fully saturated rings. The smallest absolute Gasteiger partial charge is 0.258 e. The minimum Gasteiger partial charge on any atom is -0.377 e. The van der Waals surface area contributed by atoms with Crippen LogP contribution in [0.3, 0.4) is 0 Å². The van der Waals surface area contributed by atoms with Gasteiger partial charge in [0.25, 0.3) is 6.43 Å². The molecule has 1 heterocycles. The third-order valence-corrected chi connectivity index (χ3v) is 3.36. The molecule has 4 heteroatoms. The Labute approximate surface area is 107 Å². The van der Waals surface area contributed by atoms with Crippen molar-refractivity contribution in [1.29, 1.82) is 0 Å². The van der Waals surface area contributed by atoms with Crippen LogP contribution in [0.1, 0.15) is 26.2 Å². The van der Waals surface area contributed by atoms with Crippen LogP contribution in [0.4, 0.5) is 20.2 Å². The molecule has 0 bridgehead atoms. The second-order valence-electron chi connectivity index (χ2n) is 4.86. The van der Waals surface area contributed by atoms with Crippen LogP contribution in [0.25, 0.3) is 0 Å². The number of anilines is 2. The second-order valence-corrected chi connectivity index (χ2v) is 4.86. The van der Waals surface area contributed by atoms with Crippen LogP contribution in [0.5, 0.6) is 0 Å². The van der Waals surface area contributed by atoms with E-state index in [0.29, 0.717) is 0 Å². The fraction of sp³-hybridized carbons (Fsp3) is 0.571. The molecule has 1 unspecified atom stereocenters. The molecule has 1 atom stereocenters. The zero-order valence-corrected chi connectivity index (χ0v) is 10.7. The summed E-state index contributed by atoms with van der Waals surface area (Å²) in [6.45, 7) is 3.68. The molecule has 1 aromatic rings. The van der Waals surface area contributed by atoms with Gasteiger partial charge in [-0.1, -0.05) is 0 Å². The predicted octanol–water partition coefficient (Wildman–Crippen LogP) is 3.74. The predicted molar refractivity (Wildman–Crippen MR) is 71.6 cm³/mol. The summed E-state index contributed by atoms with van der Waals surface area (Å²) in [5, 5.41) is 2.80. The summed E-state index contributed by atoms with van der Waals surface area (Å²) in [5.41, 5.74) is 1.94. The summed E-state index contributed by atoms with van der Waals surface area (Å²) in [7, 11) is 0. The minimum absolute atomic E-state index is 0.753. The van der Waals surface area contributed by atoms with Crippen molar-refractivity contribution in [1.82, 2.24) is 0 Å². The Morgan fingerprint density at radius 3 is 2.22 bits per heavy atom. The largest absolute Gasteiger partial charge is 0.377 e. The number of piperidine rings is 1. The second kappa shape index (κ2) is 6.03. The zero-order valence-electron chi connectivity index (χ0n) is 10.7. The highest BCUT2D eigenvalue weighted by molar-refractivity contribution is 5.55. The molecule has 2 rings (SSSR count). The number of halogens is 2. The summed E-state index contributed by atoms with van der Waals surface area (Å²) in [6, 6.07) is 6.95. The van der Waals surface area contributed by atoms with Gasteiger partial charge < -0.3 is 10.2 Å². The monoisotopic (exact) mass is 254 g/mol.